The highest BCUT2D eigenvalue weighted by Crippen LogP contribution is 2.36. The van der Waals surface area contributed by atoms with Crippen molar-refractivity contribution in [3.8, 4) is 17.2 Å². The molecule has 5 aromatic rings. The molecule has 0 bridgehead atoms. The number of carbonyl (C=O) groups is 1. The number of nitrogens with zero attached hydrogens (tertiary/aromatic N) is 3. The monoisotopic (exact) mass is 618 g/mol. The van der Waals surface area contributed by atoms with E-state index in [1.165, 1.54) is 11.3 Å². The molecule has 0 spiro atoms. The number of ether oxygens (including phenoxy) is 2. The van der Waals surface area contributed by atoms with E-state index in [9.17, 15) is 9.59 Å². The molecule has 3 aromatic carbocycles. The van der Waals surface area contributed by atoms with Crippen LogP contribution < -0.4 is 29.7 Å². The average Bonchev–Trinajstić information content (AvgIpc) is 3.50. The van der Waals surface area contributed by atoms with Crippen molar-refractivity contribution in [1.82, 2.24) is 9.13 Å². The first kappa shape index (κ1) is 29.9. The molecule has 0 fully saturated rings. The van der Waals surface area contributed by atoms with Gasteiger partial charge < -0.3 is 19.4 Å². The largest absolute Gasteiger partial charge is 0.493 e. The van der Waals surface area contributed by atoms with E-state index in [0.717, 1.165) is 28.2 Å². The first-order valence-electron chi connectivity index (χ1n) is 14.6. The van der Waals surface area contributed by atoms with Crippen LogP contribution in [-0.4, -0.2) is 29.3 Å². The molecular weight excluding hydrogens is 584 g/mol. The summed E-state index contributed by atoms with van der Waals surface area (Å²) in [7, 11) is 3.13. The van der Waals surface area contributed by atoms with Gasteiger partial charge in [0.15, 0.2) is 16.3 Å². The van der Waals surface area contributed by atoms with Crippen LogP contribution >= 0.6 is 11.3 Å². The van der Waals surface area contributed by atoms with Crippen molar-refractivity contribution < 1.29 is 14.3 Å². The number of aromatic nitrogens is 2. The molecule has 1 atom stereocenters. The zero-order valence-corrected chi connectivity index (χ0v) is 26.9. The number of hydrogen-bond acceptors (Lipinski definition) is 6. The van der Waals surface area contributed by atoms with Crippen LogP contribution in [0.4, 0.5) is 5.69 Å². The summed E-state index contributed by atoms with van der Waals surface area (Å²) in [5, 5.41) is 3.05. The number of hydrogen-bond donors (Lipinski definition) is 1. The third-order valence-corrected chi connectivity index (χ3v) is 9.14. The number of thiazole rings is 1. The number of benzene rings is 3. The summed E-state index contributed by atoms with van der Waals surface area (Å²) in [6, 6.07) is 24.5. The Labute approximate surface area is 265 Å². The molecule has 0 radical (unpaired) electrons. The molecule has 0 aliphatic carbocycles. The fourth-order valence-electron chi connectivity index (χ4n) is 5.90. The third kappa shape index (κ3) is 5.40. The number of methoxy groups -OCH3 is 2. The van der Waals surface area contributed by atoms with Crippen LogP contribution in [0.25, 0.3) is 11.8 Å². The van der Waals surface area contributed by atoms with Crippen molar-refractivity contribution in [2.24, 2.45) is 4.99 Å². The number of nitrogens with one attached hydrogen (secondary N) is 1. The number of aryl methyl sites for hydroxylation is 2. The molecule has 2 aromatic heterocycles. The molecule has 6 rings (SSSR count). The van der Waals surface area contributed by atoms with Gasteiger partial charge in [0.1, 0.15) is 0 Å². The fourth-order valence-corrected chi connectivity index (χ4v) is 6.94. The molecule has 1 aliphatic rings. The minimum absolute atomic E-state index is 0.225. The first-order chi connectivity index (χ1) is 21.7. The molecule has 1 amide bonds. The zero-order chi connectivity index (χ0) is 31.8. The summed E-state index contributed by atoms with van der Waals surface area (Å²) in [4.78, 5) is 33.6. The molecular formula is C36H34N4O4S. The number of fused-ring (bicyclic) bond motifs is 1. The van der Waals surface area contributed by atoms with Gasteiger partial charge in [-0.3, -0.25) is 14.2 Å². The zero-order valence-electron chi connectivity index (χ0n) is 26.0. The molecule has 228 valence electrons. The predicted octanol–water partition coefficient (Wildman–Crippen LogP) is 5.61. The van der Waals surface area contributed by atoms with Crippen LogP contribution in [0, 0.1) is 20.8 Å². The topological polar surface area (TPSA) is 86.9 Å². The molecule has 0 saturated heterocycles. The Bertz CT molecular complexity index is 2150. The minimum Gasteiger partial charge on any atom is -0.493 e. The van der Waals surface area contributed by atoms with Crippen LogP contribution in [0.15, 0.2) is 99.9 Å². The molecule has 9 heteroatoms. The van der Waals surface area contributed by atoms with Crippen LogP contribution in [0.1, 0.15) is 41.0 Å². The van der Waals surface area contributed by atoms with E-state index in [4.69, 9.17) is 14.5 Å². The second-order valence-corrected chi connectivity index (χ2v) is 12.0. The van der Waals surface area contributed by atoms with Gasteiger partial charge in [0.25, 0.3) is 11.5 Å². The Morgan fingerprint density at radius 2 is 1.62 bits per heavy atom. The Morgan fingerprint density at radius 1 is 0.911 bits per heavy atom. The minimum atomic E-state index is -0.746. The number of allylic oxidation sites excluding steroid dienone is 1. The number of amides is 1. The smallest absolute Gasteiger partial charge is 0.271 e. The Hall–Kier alpha value is -5.15. The second kappa shape index (κ2) is 12.1. The maximum atomic E-state index is 14.3. The van der Waals surface area contributed by atoms with Crippen LogP contribution in [-0.2, 0) is 4.79 Å². The lowest BCUT2D eigenvalue weighted by Gasteiger charge is -2.26. The lowest BCUT2D eigenvalue weighted by molar-refractivity contribution is -0.113. The normalized spacial score (nSPS) is 14.6. The quantitative estimate of drug-likeness (QED) is 0.257. The van der Waals surface area contributed by atoms with E-state index < -0.39 is 6.04 Å². The molecule has 3 heterocycles. The van der Waals surface area contributed by atoms with E-state index in [1.807, 2.05) is 81.4 Å². The SMILES string of the molecule is COc1ccc([C@@H]2C(C(=O)Nc3ccccc3C)=C(C)N=c3s/c(=C\c4cc(C)n(-c5ccccc5)c4C)c(=O)n32)cc1OC. The van der Waals surface area contributed by atoms with Crippen molar-refractivity contribution in [3.63, 3.8) is 0 Å². The molecule has 0 saturated carbocycles. The van der Waals surface area contributed by atoms with Crippen molar-refractivity contribution in [2.45, 2.75) is 33.7 Å². The van der Waals surface area contributed by atoms with Gasteiger partial charge in [-0.2, -0.15) is 0 Å². The predicted molar refractivity (Wildman–Crippen MR) is 178 cm³/mol. The molecule has 45 heavy (non-hydrogen) atoms. The van der Waals surface area contributed by atoms with E-state index in [1.54, 1.807) is 24.9 Å². The summed E-state index contributed by atoms with van der Waals surface area (Å²) < 4.78 is 15.4. The highest BCUT2D eigenvalue weighted by molar-refractivity contribution is 7.07. The summed E-state index contributed by atoms with van der Waals surface area (Å²) in [6.45, 7) is 7.85. The number of rotatable bonds is 7. The van der Waals surface area contributed by atoms with E-state index in [-0.39, 0.29) is 11.5 Å². The maximum Gasteiger partial charge on any atom is 0.271 e. The van der Waals surface area contributed by atoms with Crippen LogP contribution in [0.2, 0.25) is 0 Å². The number of anilines is 1. The van der Waals surface area contributed by atoms with Gasteiger partial charge >= 0.3 is 0 Å². The Balaban J connectivity index is 1.52. The lowest BCUT2D eigenvalue weighted by Crippen LogP contribution is -2.40. The van der Waals surface area contributed by atoms with Crippen molar-refractivity contribution >= 4 is 29.0 Å². The van der Waals surface area contributed by atoms with Crippen LogP contribution in [0.5, 0.6) is 11.5 Å². The second-order valence-electron chi connectivity index (χ2n) is 11.0. The summed E-state index contributed by atoms with van der Waals surface area (Å²) in [5.41, 5.74) is 7.10. The first-order valence-corrected chi connectivity index (χ1v) is 15.4. The summed E-state index contributed by atoms with van der Waals surface area (Å²) in [6.07, 6.45) is 1.92. The number of para-hydroxylation sites is 2. The van der Waals surface area contributed by atoms with Gasteiger partial charge in [-0.1, -0.05) is 53.8 Å². The van der Waals surface area contributed by atoms with Gasteiger partial charge in [0, 0.05) is 22.8 Å². The van der Waals surface area contributed by atoms with Crippen molar-refractivity contribution in [1.29, 1.82) is 0 Å². The van der Waals surface area contributed by atoms with Gasteiger partial charge in [0.2, 0.25) is 0 Å². The van der Waals surface area contributed by atoms with Gasteiger partial charge in [0.05, 0.1) is 36.1 Å². The Kier molecular flexibility index (Phi) is 8.03. The van der Waals surface area contributed by atoms with Gasteiger partial charge in [-0.15, -0.1) is 0 Å². The highest BCUT2D eigenvalue weighted by Gasteiger charge is 2.33. The van der Waals surface area contributed by atoms with Crippen molar-refractivity contribution in [2.75, 3.05) is 19.5 Å². The third-order valence-electron chi connectivity index (χ3n) is 8.15. The van der Waals surface area contributed by atoms with E-state index in [2.05, 4.69) is 35.0 Å². The molecule has 1 N–H and O–H groups in total. The van der Waals surface area contributed by atoms with E-state index >= 15 is 0 Å². The van der Waals surface area contributed by atoms with Crippen LogP contribution in [0.3, 0.4) is 0 Å². The average molecular weight is 619 g/mol. The molecule has 0 unspecified atom stereocenters. The molecule has 8 nitrogen and oxygen atoms in total. The molecule has 1 aliphatic heterocycles. The van der Waals surface area contributed by atoms with Crippen molar-refractivity contribution in [3.05, 3.63) is 138 Å². The number of carbonyl (C=O) groups excluding carboxylic acids is 1. The summed E-state index contributed by atoms with van der Waals surface area (Å²) in [5.74, 6) is 0.721. The highest BCUT2D eigenvalue weighted by atomic mass is 32.1. The maximum absolute atomic E-state index is 14.3. The van der Waals surface area contributed by atoms with Gasteiger partial charge in [-0.05, 0) is 86.9 Å². The Morgan fingerprint density at radius 3 is 2.33 bits per heavy atom. The fraction of sp³-hybridized carbons (Fsp3) is 0.194. The summed E-state index contributed by atoms with van der Waals surface area (Å²) >= 11 is 1.31. The standard InChI is InChI=1S/C36H34N4O4S/c1-21-12-10-11-15-28(21)38-34(41)32-23(3)37-36-40(33(32)25-16-17-29(43-5)30(19-25)44-6)35(42)31(45-36)20-26-18-22(2)39(24(26)4)27-13-8-7-9-14-27/h7-20,33H,1-6H3,(H,38,41)/b31-20-/t33-/m1/s1. The van der Waals surface area contributed by atoms with Gasteiger partial charge in [-0.25, -0.2) is 4.99 Å². The van der Waals surface area contributed by atoms with E-state index in [0.29, 0.717) is 43.4 Å². The lowest BCUT2D eigenvalue weighted by atomic mass is 9.94.